The first kappa shape index (κ1) is 16.4. The first-order valence-corrected chi connectivity index (χ1v) is 8.35. The molecule has 0 amide bonds. The molecule has 0 aromatic heterocycles. The van der Waals surface area contributed by atoms with E-state index in [1.54, 1.807) is 6.07 Å². The number of rotatable bonds is 6. The Balaban J connectivity index is 2.08. The molecule has 1 aromatic rings. The van der Waals surface area contributed by atoms with E-state index in [4.69, 9.17) is 0 Å². The molecule has 3 atom stereocenters. The summed E-state index contributed by atoms with van der Waals surface area (Å²) in [7, 11) is 0. The number of benzene rings is 1. The fraction of sp³-hybridized carbons (Fsp3) is 0.667. The molecule has 1 fully saturated rings. The Kier molecular flexibility index (Phi) is 6.19. The molecule has 2 rings (SSSR count). The number of hydrogen-bond donors (Lipinski definition) is 1. The van der Waals surface area contributed by atoms with E-state index in [1.165, 1.54) is 25.3 Å². The largest absolute Gasteiger partial charge is 0.311 e. The standard InChI is InChI=1S/C18H29FN2/c1-4-7-17-13-21(18(11-20-17)14(3)5-2)12-15-8-6-9-16(19)10-15/h6,8-10,14,17-18,20H,4-5,7,11-13H2,1-3H3. The Bertz CT molecular complexity index is 435. The van der Waals surface area contributed by atoms with Gasteiger partial charge in [0.05, 0.1) is 0 Å². The molecule has 1 N–H and O–H groups in total. The predicted molar refractivity (Wildman–Crippen MR) is 86.8 cm³/mol. The summed E-state index contributed by atoms with van der Waals surface area (Å²) in [4.78, 5) is 2.56. The van der Waals surface area contributed by atoms with Gasteiger partial charge in [0.1, 0.15) is 5.82 Å². The first-order chi connectivity index (χ1) is 10.1. The predicted octanol–water partition coefficient (Wildman–Crippen LogP) is 3.81. The van der Waals surface area contributed by atoms with Gasteiger partial charge >= 0.3 is 0 Å². The number of hydrogen-bond acceptors (Lipinski definition) is 2. The molecule has 0 spiro atoms. The molecule has 21 heavy (non-hydrogen) atoms. The minimum absolute atomic E-state index is 0.132. The lowest BCUT2D eigenvalue weighted by molar-refractivity contribution is 0.0817. The maximum absolute atomic E-state index is 13.4. The van der Waals surface area contributed by atoms with Crippen LogP contribution in [0.1, 0.15) is 45.6 Å². The molecule has 118 valence electrons. The highest BCUT2D eigenvalue weighted by molar-refractivity contribution is 5.16. The van der Waals surface area contributed by atoms with Gasteiger partial charge in [-0.3, -0.25) is 4.90 Å². The second-order valence-electron chi connectivity index (χ2n) is 6.41. The summed E-state index contributed by atoms with van der Waals surface area (Å²) in [5, 5.41) is 3.70. The maximum Gasteiger partial charge on any atom is 0.123 e. The summed E-state index contributed by atoms with van der Waals surface area (Å²) in [6.45, 7) is 9.79. The van der Waals surface area contributed by atoms with Crippen LogP contribution in [0, 0.1) is 11.7 Å². The van der Waals surface area contributed by atoms with Crippen LogP contribution in [0.3, 0.4) is 0 Å². The van der Waals surface area contributed by atoms with E-state index in [0.717, 1.165) is 25.2 Å². The zero-order valence-electron chi connectivity index (χ0n) is 13.6. The first-order valence-electron chi connectivity index (χ1n) is 8.35. The van der Waals surface area contributed by atoms with Crippen molar-refractivity contribution in [1.29, 1.82) is 0 Å². The van der Waals surface area contributed by atoms with E-state index >= 15 is 0 Å². The van der Waals surface area contributed by atoms with Crippen molar-refractivity contribution in [1.82, 2.24) is 10.2 Å². The maximum atomic E-state index is 13.4. The smallest absolute Gasteiger partial charge is 0.123 e. The van der Waals surface area contributed by atoms with Crippen molar-refractivity contribution >= 4 is 0 Å². The zero-order chi connectivity index (χ0) is 15.2. The quantitative estimate of drug-likeness (QED) is 0.857. The van der Waals surface area contributed by atoms with E-state index in [0.29, 0.717) is 18.0 Å². The Hall–Kier alpha value is -0.930. The number of halogens is 1. The van der Waals surface area contributed by atoms with E-state index in [2.05, 4.69) is 31.0 Å². The van der Waals surface area contributed by atoms with Gasteiger partial charge in [0.2, 0.25) is 0 Å². The fourth-order valence-corrected chi connectivity index (χ4v) is 3.33. The molecule has 1 aliphatic heterocycles. The summed E-state index contributed by atoms with van der Waals surface area (Å²) in [6, 6.07) is 8.16. The van der Waals surface area contributed by atoms with Crippen molar-refractivity contribution in [2.45, 2.75) is 58.7 Å². The normalized spacial score (nSPS) is 25.0. The SMILES string of the molecule is CCCC1CN(Cc2cccc(F)c2)C(C(C)CC)CN1. The molecule has 0 bridgehead atoms. The fourth-order valence-electron chi connectivity index (χ4n) is 3.33. The van der Waals surface area contributed by atoms with Crippen LogP contribution in [0.5, 0.6) is 0 Å². The van der Waals surface area contributed by atoms with Crippen molar-refractivity contribution in [2.75, 3.05) is 13.1 Å². The van der Waals surface area contributed by atoms with E-state index in [1.807, 2.05) is 12.1 Å². The molecule has 1 heterocycles. The Morgan fingerprint density at radius 1 is 1.38 bits per heavy atom. The molecule has 0 radical (unpaired) electrons. The molecule has 1 aliphatic rings. The molecule has 1 saturated heterocycles. The Morgan fingerprint density at radius 2 is 2.19 bits per heavy atom. The van der Waals surface area contributed by atoms with E-state index in [9.17, 15) is 4.39 Å². The molecule has 3 unspecified atom stereocenters. The van der Waals surface area contributed by atoms with Crippen LogP contribution in [-0.2, 0) is 6.54 Å². The van der Waals surface area contributed by atoms with Crippen LogP contribution in [0.2, 0.25) is 0 Å². The highest BCUT2D eigenvalue weighted by Crippen LogP contribution is 2.22. The minimum Gasteiger partial charge on any atom is -0.311 e. The lowest BCUT2D eigenvalue weighted by atomic mass is 9.93. The van der Waals surface area contributed by atoms with Crippen LogP contribution >= 0.6 is 0 Å². The second-order valence-corrected chi connectivity index (χ2v) is 6.41. The summed E-state index contributed by atoms with van der Waals surface area (Å²) in [5.41, 5.74) is 1.08. The molecular formula is C18H29FN2. The topological polar surface area (TPSA) is 15.3 Å². The summed E-state index contributed by atoms with van der Waals surface area (Å²) >= 11 is 0. The van der Waals surface area contributed by atoms with Crippen LogP contribution in [0.15, 0.2) is 24.3 Å². The van der Waals surface area contributed by atoms with Crippen molar-refractivity contribution in [2.24, 2.45) is 5.92 Å². The molecule has 0 aliphatic carbocycles. The second kappa shape index (κ2) is 7.90. The summed E-state index contributed by atoms with van der Waals surface area (Å²) in [5.74, 6) is 0.529. The van der Waals surface area contributed by atoms with Crippen LogP contribution in [-0.4, -0.2) is 30.1 Å². The Morgan fingerprint density at radius 3 is 2.86 bits per heavy atom. The van der Waals surface area contributed by atoms with Gasteiger partial charge in [0, 0.05) is 31.7 Å². The third-order valence-corrected chi connectivity index (χ3v) is 4.75. The molecule has 3 heteroatoms. The average Bonchev–Trinajstić information content (AvgIpc) is 2.47. The van der Waals surface area contributed by atoms with Gasteiger partial charge in [-0.15, -0.1) is 0 Å². The van der Waals surface area contributed by atoms with Crippen LogP contribution < -0.4 is 5.32 Å². The van der Waals surface area contributed by atoms with Gasteiger partial charge in [0.15, 0.2) is 0 Å². The summed E-state index contributed by atoms with van der Waals surface area (Å²) in [6.07, 6.45) is 3.61. The van der Waals surface area contributed by atoms with Crippen molar-refractivity contribution < 1.29 is 4.39 Å². The van der Waals surface area contributed by atoms with Gasteiger partial charge in [0.25, 0.3) is 0 Å². The highest BCUT2D eigenvalue weighted by atomic mass is 19.1. The average molecular weight is 292 g/mol. The van der Waals surface area contributed by atoms with Crippen LogP contribution in [0.25, 0.3) is 0 Å². The third-order valence-electron chi connectivity index (χ3n) is 4.75. The number of piperazine rings is 1. The van der Waals surface area contributed by atoms with E-state index < -0.39 is 0 Å². The van der Waals surface area contributed by atoms with E-state index in [-0.39, 0.29) is 5.82 Å². The lowest BCUT2D eigenvalue weighted by Crippen LogP contribution is -2.58. The van der Waals surface area contributed by atoms with Gasteiger partial charge < -0.3 is 5.32 Å². The van der Waals surface area contributed by atoms with Gasteiger partial charge in [-0.2, -0.15) is 0 Å². The molecule has 1 aromatic carbocycles. The number of nitrogens with zero attached hydrogens (tertiary/aromatic N) is 1. The third kappa shape index (κ3) is 4.52. The van der Waals surface area contributed by atoms with Crippen molar-refractivity contribution in [3.63, 3.8) is 0 Å². The lowest BCUT2D eigenvalue weighted by Gasteiger charge is -2.43. The molecule has 2 nitrogen and oxygen atoms in total. The zero-order valence-corrected chi connectivity index (χ0v) is 13.6. The van der Waals surface area contributed by atoms with Crippen LogP contribution in [0.4, 0.5) is 4.39 Å². The highest BCUT2D eigenvalue weighted by Gasteiger charge is 2.30. The summed E-state index contributed by atoms with van der Waals surface area (Å²) < 4.78 is 13.4. The monoisotopic (exact) mass is 292 g/mol. The Labute approximate surface area is 128 Å². The molecule has 0 saturated carbocycles. The van der Waals surface area contributed by atoms with Crippen molar-refractivity contribution in [3.8, 4) is 0 Å². The minimum atomic E-state index is -0.132. The van der Waals surface area contributed by atoms with Gasteiger partial charge in [-0.25, -0.2) is 4.39 Å². The van der Waals surface area contributed by atoms with Crippen molar-refractivity contribution in [3.05, 3.63) is 35.6 Å². The number of nitrogens with one attached hydrogen (secondary N) is 1. The van der Waals surface area contributed by atoms with Gasteiger partial charge in [-0.1, -0.05) is 45.7 Å². The van der Waals surface area contributed by atoms with Gasteiger partial charge in [-0.05, 0) is 30.0 Å². The molecular weight excluding hydrogens is 263 g/mol.